The lowest BCUT2D eigenvalue weighted by Gasteiger charge is -2.20. The molecule has 0 aromatic heterocycles. The zero-order chi connectivity index (χ0) is 48.8. The first-order valence-electron chi connectivity index (χ1n) is 23.3. The van der Waals surface area contributed by atoms with Gasteiger partial charge in [-0.3, -0.25) is 23.2 Å². The maximum Gasteiger partial charge on any atom is 0.472 e. The topological polar surface area (TPSA) is 216 Å². The van der Waals surface area contributed by atoms with Gasteiger partial charge in [0.1, 0.15) is 12.7 Å². The molecule has 16 heteroatoms. The number of unbranched alkanes of at least 4 members (excludes halogenated alkanes) is 6. The van der Waals surface area contributed by atoms with Crippen molar-refractivity contribution in [1.82, 2.24) is 0 Å². The van der Waals surface area contributed by atoms with Gasteiger partial charge in [-0.15, -0.1) is 0 Å². The summed E-state index contributed by atoms with van der Waals surface area (Å²) in [4.78, 5) is 52.8. The van der Waals surface area contributed by atoms with Gasteiger partial charge < -0.3 is 34.4 Å². The maximum absolute atomic E-state index is 12.7. The van der Waals surface area contributed by atoms with Gasteiger partial charge in [0.25, 0.3) is 0 Å². The highest BCUT2D eigenvalue weighted by Gasteiger charge is 2.28. The van der Waals surface area contributed by atoms with E-state index in [0.29, 0.717) is 12.8 Å². The number of allylic oxidation sites excluding steroid dienone is 18. The number of phosphoric acid groups is 2. The van der Waals surface area contributed by atoms with Crippen molar-refractivity contribution in [2.45, 2.75) is 154 Å². The molecule has 0 saturated heterocycles. The number of phosphoric ester groups is 2. The van der Waals surface area contributed by atoms with E-state index in [0.717, 1.165) is 70.6 Å². The van der Waals surface area contributed by atoms with E-state index in [9.17, 15) is 33.8 Å². The van der Waals surface area contributed by atoms with Crippen molar-refractivity contribution in [3.63, 3.8) is 0 Å². The molecule has 0 amide bonds. The summed E-state index contributed by atoms with van der Waals surface area (Å²) in [6.07, 6.45) is 52.2. The number of aliphatic hydroxyl groups excluding tert-OH is 2. The molecule has 0 aromatic carbocycles. The molecular weight excluding hydrogens is 886 g/mol. The van der Waals surface area contributed by atoms with Crippen LogP contribution in [0.3, 0.4) is 0 Å². The molecule has 2 unspecified atom stereocenters. The number of rotatable bonds is 42. The van der Waals surface area contributed by atoms with Crippen LogP contribution >= 0.6 is 15.6 Å². The zero-order valence-corrected chi connectivity index (χ0v) is 41.1. The summed E-state index contributed by atoms with van der Waals surface area (Å²) in [5, 5.41) is 20.0. The minimum Gasteiger partial charge on any atom is -0.462 e. The van der Waals surface area contributed by atoms with Gasteiger partial charge in [0.2, 0.25) is 0 Å². The Morgan fingerprint density at radius 3 is 1.61 bits per heavy atom. The lowest BCUT2D eigenvalue weighted by Crippen LogP contribution is -2.29. The highest BCUT2D eigenvalue weighted by atomic mass is 31.2. The molecule has 0 aromatic rings. The van der Waals surface area contributed by atoms with Crippen LogP contribution in [0.25, 0.3) is 0 Å². The first kappa shape index (κ1) is 62.5. The Bertz CT molecular complexity index is 1640. The molecule has 66 heavy (non-hydrogen) atoms. The minimum absolute atomic E-state index is 0.0900. The molecule has 0 radical (unpaired) electrons. The van der Waals surface area contributed by atoms with E-state index in [1.54, 1.807) is 24.3 Å². The van der Waals surface area contributed by atoms with Crippen molar-refractivity contribution >= 4 is 27.6 Å². The fraction of sp³-hybridized carbons (Fsp3) is 0.560. The van der Waals surface area contributed by atoms with Gasteiger partial charge in [-0.1, -0.05) is 155 Å². The fourth-order valence-corrected chi connectivity index (χ4v) is 6.54. The quantitative estimate of drug-likeness (QED) is 0.0127. The summed E-state index contributed by atoms with van der Waals surface area (Å²) >= 11 is 0. The molecule has 374 valence electrons. The average Bonchev–Trinajstić information content (AvgIpc) is 3.27. The summed E-state index contributed by atoms with van der Waals surface area (Å²) < 4.78 is 47.7. The van der Waals surface area contributed by atoms with Crippen LogP contribution < -0.4 is 0 Å². The standard InChI is InChI=1S/C50H80O14P2/c1-3-5-7-9-11-13-15-17-18-19-20-21-22-24-26-28-30-32-36-40-49(53)60-44-48(45-63-66(58,59)62-43-47(52)42-61-65(55,56)57)64-50(54)41-37-33-35-39-46(51)38-34-31-29-27-25-23-16-14-12-10-8-6-4-2/h6,8,11-14,17-18,20-21,23-26,29,31,33-35,38,46-48,51-52H,3-5,7,9-10,15-16,19,22,27-28,30,32,36-37,39-45H2,1-2H3,(H,58,59)(H2,55,56,57)/b8-6-,13-11-,14-12-,18-17-,21-20-,25-23-,26-24-,31-29-,35-33-,38-34-/t46?,47-,48+/m0/s1. The van der Waals surface area contributed by atoms with Gasteiger partial charge >= 0.3 is 27.6 Å². The number of ether oxygens (including phenoxy) is 2. The first-order chi connectivity index (χ1) is 31.8. The smallest absolute Gasteiger partial charge is 0.462 e. The van der Waals surface area contributed by atoms with Crippen molar-refractivity contribution in [3.05, 3.63) is 122 Å². The number of carbonyl (C=O) groups is 2. The van der Waals surface area contributed by atoms with Crippen molar-refractivity contribution in [1.29, 1.82) is 0 Å². The predicted octanol–water partition coefficient (Wildman–Crippen LogP) is 11.4. The third-order valence-corrected chi connectivity index (χ3v) is 10.4. The van der Waals surface area contributed by atoms with E-state index in [1.807, 2.05) is 12.2 Å². The lowest BCUT2D eigenvalue weighted by atomic mass is 10.1. The summed E-state index contributed by atoms with van der Waals surface area (Å²) in [6.45, 7) is 1.36. The van der Waals surface area contributed by atoms with Crippen LogP contribution in [0, 0.1) is 0 Å². The summed E-state index contributed by atoms with van der Waals surface area (Å²) in [5.41, 5.74) is 0. The van der Waals surface area contributed by atoms with E-state index in [2.05, 4.69) is 108 Å². The Morgan fingerprint density at radius 2 is 1.03 bits per heavy atom. The Hall–Kier alpha value is -3.52. The van der Waals surface area contributed by atoms with E-state index < -0.39 is 72.3 Å². The lowest BCUT2D eigenvalue weighted by molar-refractivity contribution is -0.161. The van der Waals surface area contributed by atoms with Crippen LogP contribution in [-0.4, -0.2) is 81.6 Å². The highest BCUT2D eigenvalue weighted by Crippen LogP contribution is 2.43. The summed E-state index contributed by atoms with van der Waals surface area (Å²) in [5.74, 6) is -1.26. The monoisotopic (exact) mass is 967 g/mol. The maximum atomic E-state index is 12.7. The van der Waals surface area contributed by atoms with Crippen LogP contribution in [0.2, 0.25) is 0 Å². The Kier molecular flexibility index (Phi) is 41.7. The van der Waals surface area contributed by atoms with E-state index in [1.165, 1.54) is 19.3 Å². The molecule has 0 spiro atoms. The third-order valence-electron chi connectivity index (χ3n) is 8.92. The van der Waals surface area contributed by atoms with E-state index in [-0.39, 0.29) is 19.3 Å². The molecule has 0 aliphatic rings. The second-order valence-electron chi connectivity index (χ2n) is 15.1. The normalized spacial score (nSPS) is 15.4. The largest absolute Gasteiger partial charge is 0.472 e. The van der Waals surface area contributed by atoms with E-state index >= 15 is 0 Å². The summed E-state index contributed by atoms with van der Waals surface area (Å²) in [7, 11) is -9.77. The molecular formula is C50H80O14P2. The van der Waals surface area contributed by atoms with Gasteiger partial charge in [0.05, 0.1) is 25.9 Å². The number of aliphatic hydroxyl groups is 2. The molecule has 0 rings (SSSR count). The molecule has 0 aliphatic carbocycles. The second kappa shape index (κ2) is 44.0. The first-order valence-corrected chi connectivity index (χ1v) is 26.4. The third kappa shape index (κ3) is 47.0. The fourth-order valence-electron chi connectivity index (χ4n) is 5.38. The Morgan fingerprint density at radius 1 is 0.515 bits per heavy atom. The highest BCUT2D eigenvalue weighted by molar-refractivity contribution is 7.47. The molecule has 0 heterocycles. The van der Waals surface area contributed by atoms with Crippen LogP contribution in [0.5, 0.6) is 0 Å². The second-order valence-corrected chi connectivity index (χ2v) is 17.8. The molecule has 0 bridgehead atoms. The molecule has 4 atom stereocenters. The van der Waals surface area contributed by atoms with E-state index in [4.69, 9.17) is 23.8 Å². The van der Waals surface area contributed by atoms with Crippen LogP contribution in [0.4, 0.5) is 0 Å². The Balaban J connectivity index is 4.77. The molecule has 5 N–H and O–H groups in total. The number of carbonyl (C=O) groups excluding carboxylic acids is 2. The van der Waals surface area contributed by atoms with Gasteiger partial charge in [-0.2, -0.15) is 0 Å². The molecule has 0 fully saturated rings. The average molecular weight is 967 g/mol. The van der Waals surface area contributed by atoms with Crippen LogP contribution in [0.15, 0.2) is 122 Å². The predicted molar refractivity (Wildman–Crippen MR) is 263 cm³/mol. The number of esters is 2. The number of hydrogen-bond donors (Lipinski definition) is 5. The van der Waals surface area contributed by atoms with Gasteiger partial charge in [-0.05, 0) is 89.9 Å². The van der Waals surface area contributed by atoms with Crippen molar-refractivity contribution in [3.8, 4) is 0 Å². The van der Waals surface area contributed by atoms with Gasteiger partial charge in [0, 0.05) is 12.8 Å². The Labute approximate surface area is 395 Å². The van der Waals surface area contributed by atoms with Crippen LogP contribution in [-0.2, 0) is 41.8 Å². The van der Waals surface area contributed by atoms with Gasteiger partial charge in [-0.25, -0.2) is 9.13 Å². The molecule has 0 aliphatic heterocycles. The summed E-state index contributed by atoms with van der Waals surface area (Å²) in [6, 6.07) is 0. The SMILES string of the molecule is CC/C=C\C/C=C\C/C=C\C/C=C\C=C/C(O)C/C=C\CCC(=O)O[C@H](COC(=O)CCCCC/C=C\C/C=C\C/C=C\C/C=C\CCCCC)COP(=O)(O)OC[C@@H](O)COP(=O)(O)O. The van der Waals surface area contributed by atoms with Crippen molar-refractivity contribution in [2.75, 3.05) is 26.4 Å². The van der Waals surface area contributed by atoms with Gasteiger partial charge in [0.15, 0.2) is 6.10 Å². The zero-order valence-electron chi connectivity index (χ0n) is 39.3. The molecule has 0 saturated carbocycles. The van der Waals surface area contributed by atoms with Crippen molar-refractivity contribution in [2.24, 2.45) is 0 Å². The molecule has 14 nitrogen and oxygen atoms in total. The minimum atomic E-state index is -4.90. The number of hydrogen-bond acceptors (Lipinski definition) is 11. The van der Waals surface area contributed by atoms with Crippen LogP contribution in [0.1, 0.15) is 136 Å². The van der Waals surface area contributed by atoms with Crippen molar-refractivity contribution < 1.29 is 66.7 Å².